The average molecular weight is 328 g/mol. The molecule has 0 unspecified atom stereocenters. The van der Waals surface area contributed by atoms with Crippen molar-refractivity contribution in [1.29, 1.82) is 0 Å². The molecule has 0 saturated heterocycles. The maximum atomic E-state index is 11.7. The van der Waals surface area contributed by atoms with Crippen molar-refractivity contribution in [3.05, 3.63) is 59.8 Å². The molecule has 0 aliphatic rings. The van der Waals surface area contributed by atoms with Crippen molar-refractivity contribution in [2.75, 3.05) is 12.3 Å². The third-order valence-corrected chi connectivity index (χ3v) is 3.17. The van der Waals surface area contributed by atoms with Crippen LogP contribution in [0.2, 0.25) is 0 Å². The fourth-order valence-corrected chi connectivity index (χ4v) is 1.88. The molecule has 0 fully saturated rings. The molecule has 0 aliphatic heterocycles. The van der Waals surface area contributed by atoms with E-state index < -0.39 is 6.09 Å². The van der Waals surface area contributed by atoms with Crippen LogP contribution < -0.4 is 16.4 Å². The molecule has 2 amide bonds. The molecule has 1 aromatic heterocycles. The van der Waals surface area contributed by atoms with Crippen LogP contribution in [-0.4, -0.2) is 23.5 Å². The first kappa shape index (κ1) is 17.3. The molecule has 0 aliphatic carbocycles. The van der Waals surface area contributed by atoms with Gasteiger partial charge in [-0.3, -0.25) is 4.79 Å². The van der Waals surface area contributed by atoms with Gasteiger partial charge in [0.2, 0.25) is 5.91 Å². The van der Waals surface area contributed by atoms with Crippen molar-refractivity contribution in [3.8, 4) is 0 Å². The molecule has 0 bridgehead atoms. The number of benzene rings is 1. The molecular formula is C17H20N4O3. The quantitative estimate of drug-likeness (QED) is 0.716. The molecular weight excluding hydrogens is 308 g/mol. The number of hydrogen-bond acceptors (Lipinski definition) is 5. The van der Waals surface area contributed by atoms with Crippen molar-refractivity contribution in [1.82, 2.24) is 15.6 Å². The van der Waals surface area contributed by atoms with Crippen LogP contribution in [0.4, 0.5) is 10.6 Å². The van der Waals surface area contributed by atoms with E-state index in [4.69, 9.17) is 10.5 Å². The Morgan fingerprint density at radius 2 is 1.83 bits per heavy atom. The Bertz CT molecular complexity index is 659. The van der Waals surface area contributed by atoms with Gasteiger partial charge < -0.3 is 21.1 Å². The lowest BCUT2D eigenvalue weighted by Crippen LogP contribution is -2.30. The molecule has 1 heterocycles. The second-order valence-electron chi connectivity index (χ2n) is 5.11. The van der Waals surface area contributed by atoms with Crippen LogP contribution in [0.15, 0.2) is 48.7 Å². The predicted molar refractivity (Wildman–Crippen MR) is 89.7 cm³/mol. The number of nitrogens with one attached hydrogen (secondary N) is 2. The summed E-state index contributed by atoms with van der Waals surface area (Å²) in [6.45, 7) is 0.771. The maximum absolute atomic E-state index is 11.7. The van der Waals surface area contributed by atoms with Crippen molar-refractivity contribution in [3.63, 3.8) is 0 Å². The molecule has 126 valence electrons. The van der Waals surface area contributed by atoms with Gasteiger partial charge >= 0.3 is 6.09 Å². The van der Waals surface area contributed by atoms with Gasteiger partial charge in [0.15, 0.2) is 0 Å². The molecule has 0 atom stereocenters. The molecule has 7 heteroatoms. The van der Waals surface area contributed by atoms with Crippen LogP contribution in [-0.2, 0) is 22.7 Å². The summed E-state index contributed by atoms with van der Waals surface area (Å²) in [5.74, 6) is 0.262. The zero-order chi connectivity index (χ0) is 17.2. The lowest BCUT2D eigenvalue weighted by atomic mass is 10.2. The lowest BCUT2D eigenvalue weighted by molar-refractivity contribution is -0.121. The SMILES string of the molecule is Nc1ccc(CNC(=O)CCNC(=O)OCc2ccccc2)cn1. The van der Waals surface area contributed by atoms with E-state index in [0.29, 0.717) is 12.4 Å². The van der Waals surface area contributed by atoms with Crippen LogP contribution in [0, 0.1) is 0 Å². The van der Waals surface area contributed by atoms with Crippen LogP contribution in [0.5, 0.6) is 0 Å². The number of alkyl carbamates (subject to hydrolysis) is 1. The highest BCUT2D eigenvalue weighted by Crippen LogP contribution is 2.01. The monoisotopic (exact) mass is 328 g/mol. The van der Waals surface area contributed by atoms with Gasteiger partial charge in [-0.1, -0.05) is 36.4 Å². The number of rotatable bonds is 7. The molecule has 2 aromatic rings. The summed E-state index contributed by atoms with van der Waals surface area (Å²) >= 11 is 0. The minimum Gasteiger partial charge on any atom is -0.445 e. The van der Waals surface area contributed by atoms with E-state index >= 15 is 0 Å². The van der Waals surface area contributed by atoms with Gasteiger partial charge in [0.1, 0.15) is 12.4 Å². The molecule has 0 spiro atoms. The van der Waals surface area contributed by atoms with E-state index in [0.717, 1.165) is 11.1 Å². The topological polar surface area (TPSA) is 106 Å². The predicted octanol–water partition coefficient (Wildman–Crippen LogP) is 1.60. The fourth-order valence-electron chi connectivity index (χ4n) is 1.88. The highest BCUT2D eigenvalue weighted by molar-refractivity contribution is 5.77. The zero-order valence-corrected chi connectivity index (χ0v) is 13.2. The van der Waals surface area contributed by atoms with E-state index in [-0.39, 0.29) is 25.5 Å². The van der Waals surface area contributed by atoms with Crippen LogP contribution in [0.3, 0.4) is 0 Å². The van der Waals surface area contributed by atoms with E-state index in [1.807, 2.05) is 30.3 Å². The first-order valence-corrected chi connectivity index (χ1v) is 7.55. The summed E-state index contributed by atoms with van der Waals surface area (Å²) in [4.78, 5) is 27.2. The van der Waals surface area contributed by atoms with E-state index in [2.05, 4.69) is 15.6 Å². The molecule has 0 radical (unpaired) electrons. The number of amides is 2. The van der Waals surface area contributed by atoms with Crippen LogP contribution in [0.25, 0.3) is 0 Å². The third-order valence-electron chi connectivity index (χ3n) is 3.17. The van der Waals surface area contributed by atoms with E-state index in [9.17, 15) is 9.59 Å². The van der Waals surface area contributed by atoms with Crippen LogP contribution in [0.1, 0.15) is 17.5 Å². The molecule has 2 rings (SSSR count). The second kappa shape index (κ2) is 9.14. The number of carbonyl (C=O) groups is 2. The third kappa shape index (κ3) is 6.35. The number of hydrogen-bond donors (Lipinski definition) is 3. The first-order chi connectivity index (χ1) is 11.6. The fraction of sp³-hybridized carbons (Fsp3) is 0.235. The van der Waals surface area contributed by atoms with Gasteiger partial charge in [0.25, 0.3) is 0 Å². The van der Waals surface area contributed by atoms with E-state index in [1.165, 1.54) is 0 Å². The summed E-state index contributed by atoms with van der Waals surface area (Å²) < 4.78 is 5.05. The molecule has 7 nitrogen and oxygen atoms in total. The Morgan fingerprint density at radius 1 is 1.04 bits per heavy atom. The highest BCUT2D eigenvalue weighted by atomic mass is 16.5. The van der Waals surface area contributed by atoms with Crippen molar-refractivity contribution >= 4 is 17.8 Å². The van der Waals surface area contributed by atoms with Crippen LogP contribution >= 0.6 is 0 Å². The normalized spacial score (nSPS) is 10.0. The molecule has 4 N–H and O–H groups in total. The summed E-state index contributed by atoms with van der Waals surface area (Å²) in [7, 11) is 0. The first-order valence-electron chi connectivity index (χ1n) is 7.55. The van der Waals surface area contributed by atoms with E-state index in [1.54, 1.807) is 18.3 Å². The molecule has 0 saturated carbocycles. The van der Waals surface area contributed by atoms with Gasteiger partial charge in [-0.05, 0) is 17.2 Å². The number of pyridine rings is 1. The molecule has 24 heavy (non-hydrogen) atoms. The summed E-state index contributed by atoms with van der Waals surface area (Å²) in [6.07, 6.45) is 1.23. The average Bonchev–Trinajstić information content (AvgIpc) is 2.60. The zero-order valence-electron chi connectivity index (χ0n) is 13.2. The Kier molecular flexibility index (Phi) is 6.58. The van der Waals surface area contributed by atoms with Gasteiger partial charge in [-0.2, -0.15) is 0 Å². The number of anilines is 1. The van der Waals surface area contributed by atoms with Crippen molar-refractivity contribution in [2.45, 2.75) is 19.6 Å². The second-order valence-corrected chi connectivity index (χ2v) is 5.11. The number of ether oxygens (including phenoxy) is 1. The Morgan fingerprint density at radius 3 is 2.54 bits per heavy atom. The van der Waals surface area contributed by atoms with Gasteiger partial charge in [0, 0.05) is 25.7 Å². The lowest BCUT2D eigenvalue weighted by Gasteiger charge is -2.08. The minimum atomic E-state index is -0.547. The maximum Gasteiger partial charge on any atom is 0.407 e. The molecule has 1 aromatic carbocycles. The van der Waals surface area contributed by atoms with Gasteiger partial charge in [0.05, 0.1) is 0 Å². The van der Waals surface area contributed by atoms with Gasteiger partial charge in [-0.15, -0.1) is 0 Å². The number of nitrogens with two attached hydrogens (primary N) is 1. The summed E-state index contributed by atoms with van der Waals surface area (Å²) in [5.41, 5.74) is 7.25. The Hall–Kier alpha value is -3.09. The van der Waals surface area contributed by atoms with Gasteiger partial charge in [-0.25, -0.2) is 9.78 Å². The Balaban J connectivity index is 1.58. The highest BCUT2D eigenvalue weighted by Gasteiger charge is 2.05. The number of nitrogen functional groups attached to an aromatic ring is 1. The number of nitrogens with zero attached hydrogens (tertiary/aromatic N) is 1. The standard InChI is InChI=1S/C17H20N4O3/c18-15-7-6-14(10-20-15)11-21-16(22)8-9-19-17(23)24-12-13-4-2-1-3-5-13/h1-7,10H,8-9,11-12H2,(H2,18,20)(H,19,23)(H,21,22). The summed E-state index contributed by atoms with van der Waals surface area (Å²) in [6, 6.07) is 12.8. The Labute approximate surface area is 140 Å². The smallest absolute Gasteiger partial charge is 0.407 e. The number of carbonyl (C=O) groups excluding carboxylic acids is 2. The minimum absolute atomic E-state index is 0.169. The van der Waals surface area contributed by atoms with Crippen molar-refractivity contribution < 1.29 is 14.3 Å². The largest absolute Gasteiger partial charge is 0.445 e. The van der Waals surface area contributed by atoms with Crippen molar-refractivity contribution in [2.24, 2.45) is 0 Å². The number of aromatic nitrogens is 1. The summed E-state index contributed by atoms with van der Waals surface area (Å²) in [5, 5.41) is 5.28.